The monoisotopic (exact) mass is 401 g/mol. The Hall–Kier alpha value is -1.96. The standard InChI is InChI=1S/C21H31N5OS/c1-16-5-4-6-18(13-16)19(26-9-11-27-12-10-26)15-25-21(22-3)23-8-7-20-24-14-17(2)28-20/h4-6,13-14,19H,7-12,15H2,1-3H3,(H2,22,23,25). The summed E-state index contributed by atoms with van der Waals surface area (Å²) in [5, 5.41) is 8.08. The van der Waals surface area contributed by atoms with Gasteiger partial charge in [-0.2, -0.15) is 0 Å². The van der Waals surface area contributed by atoms with Gasteiger partial charge >= 0.3 is 0 Å². The Kier molecular flexibility index (Phi) is 7.82. The van der Waals surface area contributed by atoms with Crippen LogP contribution in [0.4, 0.5) is 0 Å². The molecule has 2 N–H and O–H groups in total. The van der Waals surface area contributed by atoms with Crippen LogP contribution in [0, 0.1) is 13.8 Å². The lowest BCUT2D eigenvalue weighted by molar-refractivity contribution is 0.0170. The van der Waals surface area contributed by atoms with Gasteiger partial charge in [0, 0.05) is 50.7 Å². The van der Waals surface area contributed by atoms with E-state index in [1.165, 1.54) is 16.0 Å². The lowest BCUT2D eigenvalue weighted by Crippen LogP contribution is -2.46. The minimum absolute atomic E-state index is 0.295. The third-order valence-corrected chi connectivity index (χ3v) is 5.87. The first-order valence-electron chi connectivity index (χ1n) is 9.90. The molecule has 1 aromatic heterocycles. The zero-order valence-electron chi connectivity index (χ0n) is 17.1. The van der Waals surface area contributed by atoms with Gasteiger partial charge in [0.2, 0.25) is 0 Å². The molecule has 1 saturated heterocycles. The minimum atomic E-state index is 0.295. The minimum Gasteiger partial charge on any atom is -0.379 e. The average Bonchev–Trinajstić information content (AvgIpc) is 3.13. The predicted molar refractivity (Wildman–Crippen MR) is 116 cm³/mol. The molecule has 0 bridgehead atoms. The Morgan fingerprint density at radius 3 is 2.79 bits per heavy atom. The van der Waals surface area contributed by atoms with Crippen molar-refractivity contribution in [1.29, 1.82) is 0 Å². The van der Waals surface area contributed by atoms with Crippen molar-refractivity contribution >= 4 is 17.3 Å². The third-order valence-electron chi connectivity index (χ3n) is 4.90. The Balaban J connectivity index is 1.57. The summed E-state index contributed by atoms with van der Waals surface area (Å²) < 4.78 is 5.55. The molecule has 1 unspecified atom stereocenters. The zero-order chi connectivity index (χ0) is 19.8. The summed E-state index contributed by atoms with van der Waals surface area (Å²) in [7, 11) is 1.82. The second-order valence-electron chi connectivity index (χ2n) is 7.07. The van der Waals surface area contributed by atoms with E-state index in [2.05, 4.69) is 63.6 Å². The number of nitrogens with one attached hydrogen (secondary N) is 2. The Morgan fingerprint density at radius 1 is 1.29 bits per heavy atom. The van der Waals surface area contributed by atoms with Crippen molar-refractivity contribution in [1.82, 2.24) is 20.5 Å². The molecule has 7 heteroatoms. The molecule has 0 saturated carbocycles. The molecular formula is C21H31N5OS. The van der Waals surface area contributed by atoms with Crippen LogP contribution in [0.1, 0.15) is 27.1 Å². The highest BCUT2D eigenvalue weighted by Crippen LogP contribution is 2.22. The van der Waals surface area contributed by atoms with Crippen LogP contribution in [0.2, 0.25) is 0 Å². The van der Waals surface area contributed by atoms with E-state index in [9.17, 15) is 0 Å². The van der Waals surface area contributed by atoms with Crippen molar-refractivity contribution in [3.8, 4) is 0 Å². The molecule has 28 heavy (non-hydrogen) atoms. The van der Waals surface area contributed by atoms with Crippen molar-refractivity contribution in [2.45, 2.75) is 26.3 Å². The van der Waals surface area contributed by atoms with Gasteiger partial charge < -0.3 is 15.4 Å². The summed E-state index contributed by atoms with van der Waals surface area (Å²) >= 11 is 1.75. The van der Waals surface area contributed by atoms with Crippen molar-refractivity contribution in [2.24, 2.45) is 4.99 Å². The van der Waals surface area contributed by atoms with Gasteiger partial charge in [0.15, 0.2) is 5.96 Å². The van der Waals surface area contributed by atoms with Gasteiger partial charge in [0.05, 0.1) is 24.3 Å². The SMILES string of the molecule is CN=C(NCCc1ncc(C)s1)NCC(c1cccc(C)c1)N1CCOCC1. The van der Waals surface area contributed by atoms with E-state index in [1.807, 2.05) is 13.2 Å². The second-order valence-corrected chi connectivity index (χ2v) is 8.39. The number of morpholine rings is 1. The maximum absolute atomic E-state index is 5.55. The van der Waals surface area contributed by atoms with Crippen LogP contribution in [0.25, 0.3) is 0 Å². The molecule has 6 nitrogen and oxygen atoms in total. The number of thiazole rings is 1. The molecule has 1 fully saturated rings. The van der Waals surface area contributed by atoms with E-state index in [0.29, 0.717) is 6.04 Å². The summed E-state index contributed by atoms with van der Waals surface area (Å²) in [6, 6.07) is 9.08. The molecule has 1 atom stereocenters. The van der Waals surface area contributed by atoms with Crippen LogP contribution < -0.4 is 10.6 Å². The van der Waals surface area contributed by atoms with Crippen molar-refractivity contribution in [2.75, 3.05) is 46.4 Å². The fraction of sp³-hybridized carbons (Fsp3) is 0.524. The molecule has 2 aromatic rings. The topological polar surface area (TPSA) is 61.8 Å². The highest BCUT2D eigenvalue weighted by molar-refractivity contribution is 7.11. The first-order chi connectivity index (χ1) is 13.7. The quantitative estimate of drug-likeness (QED) is 0.551. The van der Waals surface area contributed by atoms with Crippen molar-refractivity contribution in [3.05, 3.63) is 51.5 Å². The third kappa shape index (κ3) is 6.02. The van der Waals surface area contributed by atoms with E-state index in [1.54, 1.807) is 11.3 Å². The number of hydrogen-bond donors (Lipinski definition) is 2. The number of rotatable bonds is 7. The maximum atomic E-state index is 5.55. The van der Waals surface area contributed by atoms with E-state index < -0.39 is 0 Å². The van der Waals surface area contributed by atoms with Crippen LogP contribution in [0.15, 0.2) is 35.5 Å². The van der Waals surface area contributed by atoms with Crippen LogP contribution >= 0.6 is 11.3 Å². The smallest absolute Gasteiger partial charge is 0.191 e. The maximum Gasteiger partial charge on any atom is 0.191 e. The lowest BCUT2D eigenvalue weighted by Gasteiger charge is -2.35. The summed E-state index contributed by atoms with van der Waals surface area (Å²) in [5.41, 5.74) is 2.63. The molecule has 152 valence electrons. The molecule has 0 radical (unpaired) electrons. The first kappa shape index (κ1) is 20.8. The molecule has 0 aliphatic carbocycles. The number of aryl methyl sites for hydroxylation is 2. The van der Waals surface area contributed by atoms with Crippen LogP contribution in [-0.4, -0.2) is 62.3 Å². The number of aliphatic imine (C=N–C) groups is 1. The molecule has 3 rings (SSSR count). The zero-order valence-corrected chi connectivity index (χ0v) is 17.9. The van der Waals surface area contributed by atoms with Crippen molar-refractivity contribution < 1.29 is 4.74 Å². The van der Waals surface area contributed by atoms with E-state index in [0.717, 1.165) is 56.8 Å². The summed E-state index contributed by atoms with van der Waals surface area (Å²) in [6.45, 7) is 9.36. The lowest BCUT2D eigenvalue weighted by atomic mass is 10.0. The van der Waals surface area contributed by atoms with E-state index >= 15 is 0 Å². The van der Waals surface area contributed by atoms with Gasteiger partial charge in [0.25, 0.3) is 0 Å². The van der Waals surface area contributed by atoms with Gasteiger partial charge in [-0.3, -0.25) is 9.89 Å². The van der Waals surface area contributed by atoms with Crippen LogP contribution in [-0.2, 0) is 11.2 Å². The predicted octanol–water partition coefficient (Wildman–Crippen LogP) is 2.54. The van der Waals surface area contributed by atoms with Crippen molar-refractivity contribution in [3.63, 3.8) is 0 Å². The molecule has 1 aromatic carbocycles. The summed E-state index contributed by atoms with van der Waals surface area (Å²) in [6.07, 6.45) is 2.84. The van der Waals surface area contributed by atoms with Gasteiger partial charge in [0.1, 0.15) is 0 Å². The molecule has 2 heterocycles. The van der Waals surface area contributed by atoms with Crippen LogP contribution in [0.3, 0.4) is 0 Å². The number of ether oxygens (including phenoxy) is 1. The number of hydrogen-bond acceptors (Lipinski definition) is 5. The average molecular weight is 402 g/mol. The molecule has 1 aliphatic heterocycles. The van der Waals surface area contributed by atoms with Gasteiger partial charge in [-0.05, 0) is 19.4 Å². The normalized spacial score (nSPS) is 16.8. The van der Waals surface area contributed by atoms with Gasteiger partial charge in [-0.25, -0.2) is 4.98 Å². The number of benzene rings is 1. The Morgan fingerprint density at radius 2 is 2.11 bits per heavy atom. The van der Waals surface area contributed by atoms with Crippen LogP contribution in [0.5, 0.6) is 0 Å². The van der Waals surface area contributed by atoms with Gasteiger partial charge in [-0.1, -0.05) is 29.8 Å². The second kappa shape index (κ2) is 10.5. The molecule has 1 aliphatic rings. The molecule has 0 spiro atoms. The summed E-state index contributed by atoms with van der Waals surface area (Å²) in [4.78, 5) is 12.6. The Bertz CT molecular complexity index is 770. The molecule has 0 amide bonds. The first-order valence-corrected chi connectivity index (χ1v) is 10.7. The fourth-order valence-corrected chi connectivity index (χ4v) is 4.23. The number of guanidine groups is 1. The largest absolute Gasteiger partial charge is 0.379 e. The highest BCUT2D eigenvalue weighted by Gasteiger charge is 2.23. The fourth-order valence-electron chi connectivity index (χ4n) is 3.44. The molecular weight excluding hydrogens is 370 g/mol. The number of nitrogens with zero attached hydrogens (tertiary/aromatic N) is 3. The Labute approximate surface area is 172 Å². The van der Waals surface area contributed by atoms with E-state index in [-0.39, 0.29) is 0 Å². The summed E-state index contributed by atoms with van der Waals surface area (Å²) in [5.74, 6) is 0.833. The highest BCUT2D eigenvalue weighted by atomic mass is 32.1. The van der Waals surface area contributed by atoms with Gasteiger partial charge in [-0.15, -0.1) is 11.3 Å². The number of aromatic nitrogens is 1. The van der Waals surface area contributed by atoms with E-state index in [4.69, 9.17) is 4.74 Å².